The number of carbonyl (C=O) groups excluding carboxylic acids is 2. The third-order valence-electron chi connectivity index (χ3n) is 3.45. The molecule has 3 N–H and O–H groups in total. The Labute approximate surface area is 122 Å². The second-order valence-corrected chi connectivity index (χ2v) is 5.25. The molecule has 0 aromatic heterocycles. The molecule has 0 aliphatic carbocycles. The number of carboxylic acids is 1. The standard InChI is InChI=1S/C15H18N2O4/c1-9-3-2-4-10(7-9)8-12(15(20)21)17-14(19)11-5-6-13(18)16-11/h2-4,7,11-12H,5-6,8H2,1H3,(H,16,18)(H,17,19)(H,20,21)/t11-,12+/m0/s1. The second-order valence-electron chi connectivity index (χ2n) is 5.25. The highest BCUT2D eigenvalue weighted by Crippen LogP contribution is 2.10. The molecule has 0 bridgehead atoms. The molecule has 0 spiro atoms. The molecular weight excluding hydrogens is 272 g/mol. The summed E-state index contributed by atoms with van der Waals surface area (Å²) in [4.78, 5) is 34.4. The summed E-state index contributed by atoms with van der Waals surface area (Å²) in [6, 6.07) is 5.86. The van der Waals surface area contributed by atoms with E-state index in [9.17, 15) is 19.5 Å². The molecule has 1 aromatic rings. The van der Waals surface area contributed by atoms with Gasteiger partial charge in [0.05, 0.1) is 0 Å². The van der Waals surface area contributed by atoms with Crippen LogP contribution in [0.2, 0.25) is 0 Å². The van der Waals surface area contributed by atoms with Gasteiger partial charge in [-0.15, -0.1) is 0 Å². The first-order valence-corrected chi connectivity index (χ1v) is 6.84. The number of hydrogen-bond acceptors (Lipinski definition) is 3. The lowest BCUT2D eigenvalue weighted by molar-refractivity contribution is -0.142. The molecule has 1 heterocycles. The van der Waals surface area contributed by atoms with Gasteiger partial charge in [0.25, 0.3) is 0 Å². The minimum atomic E-state index is -1.09. The number of hydrogen-bond donors (Lipinski definition) is 3. The van der Waals surface area contributed by atoms with Crippen molar-refractivity contribution in [3.05, 3.63) is 35.4 Å². The van der Waals surface area contributed by atoms with Crippen molar-refractivity contribution in [1.82, 2.24) is 10.6 Å². The highest BCUT2D eigenvalue weighted by molar-refractivity contribution is 5.92. The van der Waals surface area contributed by atoms with Crippen LogP contribution in [0.1, 0.15) is 24.0 Å². The van der Waals surface area contributed by atoms with Gasteiger partial charge in [0, 0.05) is 12.8 Å². The van der Waals surface area contributed by atoms with Gasteiger partial charge in [-0.2, -0.15) is 0 Å². The van der Waals surface area contributed by atoms with Gasteiger partial charge in [0.15, 0.2) is 0 Å². The molecule has 2 amide bonds. The van der Waals surface area contributed by atoms with Crippen LogP contribution in [0.4, 0.5) is 0 Å². The number of benzene rings is 1. The lowest BCUT2D eigenvalue weighted by Crippen LogP contribution is -2.49. The zero-order chi connectivity index (χ0) is 15.4. The Kier molecular flexibility index (Phi) is 4.57. The van der Waals surface area contributed by atoms with E-state index in [4.69, 9.17) is 0 Å². The van der Waals surface area contributed by atoms with Gasteiger partial charge in [0.2, 0.25) is 11.8 Å². The Balaban J connectivity index is 2.00. The maximum Gasteiger partial charge on any atom is 0.326 e. The third-order valence-corrected chi connectivity index (χ3v) is 3.45. The van der Waals surface area contributed by atoms with E-state index in [1.54, 1.807) is 0 Å². The molecule has 2 rings (SSSR count). The van der Waals surface area contributed by atoms with E-state index in [0.717, 1.165) is 11.1 Å². The van der Waals surface area contributed by atoms with Crippen LogP contribution in [0.5, 0.6) is 0 Å². The van der Waals surface area contributed by atoms with E-state index >= 15 is 0 Å². The first kappa shape index (κ1) is 15.0. The Morgan fingerprint density at radius 2 is 2.24 bits per heavy atom. The van der Waals surface area contributed by atoms with Gasteiger partial charge < -0.3 is 15.7 Å². The minimum absolute atomic E-state index is 0.180. The van der Waals surface area contributed by atoms with Crippen LogP contribution in [-0.2, 0) is 20.8 Å². The quantitative estimate of drug-likeness (QED) is 0.731. The molecule has 6 nitrogen and oxygen atoms in total. The highest BCUT2D eigenvalue weighted by Gasteiger charge is 2.30. The molecule has 1 aliphatic heterocycles. The van der Waals surface area contributed by atoms with E-state index in [-0.39, 0.29) is 12.3 Å². The molecule has 112 valence electrons. The zero-order valence-electron chi connectivity index (χ0n) is 11.8. The average Bonchev–Trinajstić information content (AvgIpc) is 2.84. The molecule has 1 aliphatic rings. The maximum atomic E-state index is 12.0. The van der Waals surface area contributed by atoms with Gasteiger partial charge >= 0.3 is 5.97 Å². The van der Waals surface area contributed by atoms with Crippen molar-refractivity contribution < 1.29 is 19.5 Å². The number of nitrogens with one attached hydrogen (secondary N) is 2. The summed E-state index contributed by atoms with van der Waals surface area (Å²) in [7, 11) is 0. The van der Waals surface area contributed by atoms with Gasteiger partial charge in [-0.05, 0) is 18.9 Å². The second kappa shape index (κ2) is 6.39. The molecule has 6 heteroatoms. The normalized spacial score (nSPS) is 18.9. The minimum Gasteiger partial charge on any atom is -0.480 e. The molecule has 1 aromatic carbocycles. The number of aliphatic carboxylic acids is 1. The van der Waals surface area contributed by atoms with Crippen molar-refractivity contribution in [2.75, 3.05) is 0 Å². The van der Waals surface area contributed by atoms with Crippen molar-refractivity contribution in [2.24, 2.45) is 0 Å². The Hall–Kier alpha value is -2.37. The Bertz CT molecular complexity index is 571. The summed E-state index contributed by atoms with van der Waals surface area (Å²) in [5, 5.41) is 14.3. The highest BCUT2D eigenvalue weighted by atomic mass is 16.4. The fourth-order valence-electron chi connectivity index (χ4n) is 2.36. The largest absolute Gasteiger partial charge is 0.480 e. The van der Waals surface area contributed by atoms with Crippen molar-refractivity contribution in [3.63, 3.8) is 0 Å². The fraction of sp³-hybridized carbons (Fsp3) is 0.400. The van der Waals surface area contributed by atoms with E-state index in [0.29, 0.717) is 12.8 Å². The van der Waals surface area contributed by atoms with Crippen molar-refractivity contribution >= 4 is 17.8 Å². The van der Waals surface area contributed by atoms with E-state index < -0.39 is 24.0 Å². The van der Waals surface area contributed by atoms with Gasteiger partial charge in [-0.1, -0.05) is 29.8 Å². The Morgan fingerprint density at radius 3 is 2.81 bits per heavy atom. The summed E-state index contributed by atoms with van der Waals surface area (Å²) in [5.74, 6) is -1.71. The van der Waals surface area contributed by atoms with Crippen molar-refractivity contribution in [1.29, 1.82) is 0 Å². The number of aryl methyl sites for hydroxylation is 1. The van der Waals surface area contributed by atoms with Crippen molar-refractivity contribution in [3.8, 4) is 0 Å². The van der Waals surface area contributed by atoms with Crippen molar-refractivity contribution in [2.45, 2.75) is 38.3 Å². The van der Waals surface area contributed by atoms with Gasteiger partial charge in [0.1, 0.15) is 12.1 Å². The molecule has 21 heavy (non-hydrogen) atoms. The number of carbonyl (C=O) groups is 3. The van der Waals surface area contributed by atoms with Crippen LogP contribution in [0.15, 0.2) is 24.3 Å². The summed E-state index contributed by atoms with van der Waals surface area (Å²) < 4.78 is 0. The summed E-state index contributed by atoms with van der Waals surface area (Å²) in [6.45, 7) is 1.92. The van der Waals surface area contributed by atoms with Gasteiger partial charge in [-0.3, -0.25) is 9.59 Å². The van der Waals surface area contributed by atoms with Crippen LogP contribution >= 0.6 is 0 Å². The van der Waals surface area contributed by atoms with Crippen LogP contribution in [0.25, 0.3) is 0 Å². The number of rotatable bonds is 5. The first-order valence-electron chi connectivity index (χ1n) is 6.84. The molecule has 1 fully saturated rings. The predicted molar refractivity (Wildman–Crippen MR) is 75.6 cm³/mol. The van der Waals surface area contributed by atoms with Crippen LogP contribution < -0.4 is 10.6 Å². The summed E-state index contributed by atoms with van der Waals surface area (Å²) in [5.41, 5.74) is 1.88. The molecule has 1 saturated heterocycles. The summed E-state index contributed by atoms with van der Waals surface area (Å²) >= 11 is 0. The van der Waals surface area contributed by atoms with E-state index in [2.05, 4.69) is 10.6 Å². The Morgan fingerprint density at radius 1 is 1.48 bits per heavy atom. The SMILES string of the molecule is Cc1cccc(C[C@@H](NC(=O)[C@@H]2CCC(=O)N2)C(=O)O)c1. The van der Waals surface area contributed by atoms with Crippen LogP contribution in [-0.4, -0.2) is 35.0 Å². The lowest BCUT2D eigenvalue weighted by Gasteiger charge is -2.17. The molecular formula is C15H18N2O4. The number of amides is 2. The lowest BCUT2D eigenvalue weighted by atomic mass is 10.0. The van der Waals surface area contributed by atoms with Crippen LogP contribution in [0, 0.1) is 6.92 Å². The van der Waals surface area contributed by atoms with Crippen LogP contribution in [0.3, 0.4) is 0 Å². The fourth-order valence-corrected chi connectivity index (χ4v) is 2.36. The molecule has 0 unspecified atom stereocenters. The average molecular weight is 290 g/mol. The topological polar surface area (TPSA) is 95.5 Å². The molecule has 0 radical (unpaired) electrons. The zero-order valence-corrected chi connectivity index (χ0v) is 11.8. The summed E-state index contributed by atoms with van der Waals surface area (Å²) in [6.07, 6.45) is 0.915. The monoisotopic (exact) mass is 290 g/mol. The molecule has 2 atom stereocenters. The smallest absolute Gasteiger partial charge is 0.326 e. The molecule has 0 saturated carbocycles. The van der Waals surface area contributed by atoms with E-state index in [1.807, 2.05) is 31.2 Å². The maximum absolute atomic E-state index is 12.0. The number of carboxylic acid groups (broad SMARTS) is 1. The first-order chi connectivity index (χ1) is 9.95. The third kappa shape index (κ3) is 4.05. The predicted octanol–water partition coefficient (Wildman–Crippen LogP) is 0.386. The van der Waals surface area contributed by atoms with Gasteiger partial charge in [-0.25, -0.2) is 4.79 Å². The van der Waals surface area contributed by atoms with E-state index in [1.165, 1.54) is 0 Å².